The number of nitrogens with zero attached hydrogens (tertiary/aromatic N) is 2. The average Bonchev–Trinajstić information content (AvgIpc) is 3.13. The monoisotopic (exact) mass is 524 g/mol. The van der Waals surface area contributed by atoms with E-state index in [2.05, 4.69) is 4.74 Å². The van der Waals surface area contributed by atoms with Crippen LogP contribution in [0.25, 0.3) is 6.08 Å². The van der Waals surface area contributed by atoms with E-state index in [4.69, 9.17) is 32.9 Å². The summed E-state index contributed by atoms with van der Waals surface area (Å²) >= 11 is 14.2. The normalized spacial score (nSPS) is 22.6. The van der Waals surface area contributed by atoms with E-state index in [1.165, 1.54) is 44.6 Å². The van der Waals surface area contributed by atoms with Crippen molar-refractivity contribution < 1.29 is 19.1 Å². The summed E-state index contributed by atoms with van der Waals surface area (Å²) in [6.07, 6.45) is 13.2. The summed E-state index contributed by atoms with van der Waals surface area (Å²) in [5.41, 5.74) is 0.693. The largest absolute Gasteiger partial charge is 0.479 e. The van der Waals surface area contributed by atoms with E-state index in [-0.39, 0.29) is 34.4 Å². The maximum atomic E-state index is 13.5. The molecule has 1 aliphatic heterocycles. The van der Waals surface area contributed by atoms with Gasteiger partial charge in [0.2, 0.25) is 0 Å². The fraction of sp³-hybridized carbons (Fsp3) is 0.560. The Kier molecular flexibility index (Phi) is 8.83. The van der Waals surface area contributed by atoms with E-state index in [1.807, 2.05) is 11.0 Å². The van der Waals surface area contributed by atoms with Crippen molar-refractivity contribution in [1.29, 1.82) is 0 Å². The van der Waals surface area contributed by atoms with Crippen LogP contribution < -0.4 is 4.74 Å². The van der Waals surface area contributed by atoms with Crippen LogP contribution in [0.5, 0.6) is 5.75 Å². The molecule has 0 unspecified atom stereocenters. The predicted molar refractivity (Wildman–Crippen MR) is 138 cm³/mol. The number of esters is 1. The first-order chi connectivity index (χ1) is 16.5. The van der Waals surface area contributed by atoms with Gasteiger partial charge in [0.25, 0.3) is 5.91 Å². The van der Waals surface area contributed by atoms with Crippen LogP contribution in [0.3, 0.4) is 0 Å². The molecule has 34 heavy (non-hydrogen) atoms. The quantitative estimate of drug-likeness (QED) is 0.314. The van der Waals surface area contributed by atoms with Gasteiger partial charge in [-0.15, -0.1) is 0 Å². The van der Waals surface area contributed by atoms with Crippen molar-refractivity contribution in [3.63, 3.8) is 0 Å². The van der Waals surface area contributed by atoms with Gasteiger partial charge in [-0.2, -0.15) is 0 Å². The van der Waals surface area contributed by atoms with Gasteiger partial charge >= 0.3 is 5.97 Å². The third-order valence-corrected chi connectivity index (χ3v) is 8.08. The fourth-order valence-electron chi connectivity index (χ4n) is 4.75. The zero-order valence-corrected chi connectivity index (χ0v) is 21.7. The van der Waals surface area contributed by atoms with E-state index >= 15 is 0 Å². The number of amidine groups is 1. The molecular formula is C25H30Cl2N2O4S. The fourth-order valence-corrected chi connectivity index (χ4v) is 6.47. The van der Waals surface area contributed by atoms with Gasteiger partial charge in [-0.05, 0) is 61.2 Å². The Morgan fingerprint density at radius 1 is 1.09 bits per heavy atom. The first kappa shape index (κ1) is 25.4. The van der Waals surface area contributed by atoms with E-state index in [0.29, 0.717) is 16.5 Å². The summed E-state index contributed by atoms with van der Waals surface area (Å²) in [6.45, 7) is -0.290. The smallest absolute Gasteiger partial charge is 0.343 e. The van der Waals surface area contributed by atoms with Crippen molar-refractivity contribution in [2.75, 3.05) is 13.7 Å². The minimum Gasteiger partial charge on any atom is -0.479 e. The van der Waals surface area contributed by atoms with Crippen molar-refractivity contribution in [3.8, 4) is 5.75 Å². The molecule has 2 aliphatic carbocycles. The Balaban J connectivity index is 1.59. The molecule has 1 aromatic rings. The van der Waals surface area contributed by atoms with Crippen LogP contribution in [0.4, 0.5) is 0 Å². The van der Waals surface area contributed by atoms with Gasteiger partial charge in [-0.1, -0.05) is 61.7 Å². The van der Waals surface area contributed by atoms with Gasteiger partial charge in [-0.3, -0.25) is 14.7 Å². The van der Waals surface area contributed by atoms with Crippen molar-refractivity contribution in [3.05, 3.63) is 32.6 Å². The van der Waals surface area contributed by atoms with Crippen LogP contribution >= 0.6 is 35.0 Å². The molecule has 9 heteroatoms. The highest BCUT2D eigenvalue weighted by Gasteiger charge is 2.39. The molecule has 1 aromatic carbocycles. The lowest BCUT2D eigenvalue weighted by atomic mass is 9.94. The second kappa shape index (κ2) is 11.8. The van der Waals surface area contributed by atoms with Crippen LogP contribution in [0.2, 0.25) is 10.0 Å². The molecule has 1 amide bonds. The molecule has 0 aromatic heterocycles. The minimum atomic E-state index is -0.529. The number of ether oxygens (including phenoxy) is 2. The molecule has 0 bridgehead atoms. The molecule has 3 aliphatic rings. The maximum absolute atomic E-state index is 13.5. The summed E-state index contributed by atoms with van der Waals surface area (Å²) in [5.74, 6) is -0.312. The Labute approximate surface area is 215 Å². The number of carbonyl (C=O) groups excluding carboxylic acids is 2. The Hall–Kier alpha value is -1.70. The van der Waals surface area contributed by atoms with E-state index in [1.54, 1.807) is 12.1 Å². The highest BCUT2D eigenvalue weighted by molar-refractivity contribution is 8.18. The standard InChI is InChI=1S/C25H30Cl2N2O4S/c1-32-22(30)15-33-23-19(26)12-16(13-20(23)27)14-21-24(31)29(18-10-6-3-7-11-18)25(34-21)28-17-8-4-2-5-9-17/h12-14,17-18H,2-11,15H2,1H3. The van der Waals surface area contributed by atoms with Gasteiger partial charge in [0.1, 0.15) is 0 Å². The molecule has 0 spiro atoms. The highest BCUT2D eigenvalue weighted by Crippen LogP contribution is 2.40. The third kappa shape index (κ3) is 6.10. The van der Waals surface area contributed by atoms with Crippen molar-refractivity contribution in [1.82, 2.24) is 4.90 Å². The number of benzene rings is 1. The van der Waals surface area contributed by atoms with Crippen molar-refractivity contribution >= 4 is 58.1 Å². The van der Waals surface area contributed by atoms with E-state index in [9.17, 15) is 9.59 Å². The van der Waals surface area contributed by atoms with Crippen LogP contribution in [0.1, 0.15) is 69.8 Å². The molecular weight excluding hydrogens is 495 g/mol. The van der Waals surface area contributed by atoms with Gasteiger partial charge < -0.3 is 9.47 Å². The molecule has 3 fully saturated rings. The second-order valence-corrected chi connectivity index (χ2v) is 10.8. The molecule has 1 heterocycles. The van der Waals surface area contributed by atoms with Crippen LogP contribution in [0.15, 0.2) is 22.0 Å². The molecule has 6 nitrogen and oxygen atoms in total. The number of halogens is 2. The van der Waals surface area contributed by atoms with Gasteiger partial charge in [0.05, 0.1) is 28.1 Å². The number of amides is 1. The lowest BCUT2D eigenvalue weighted by Gasteiger charge is -2.31. The average molecular weight is 525 g/mol. The minimum absolute atomic E-state index is 0.00437. The first-order valence-electron chi connectivity index (χ1n) is 12.0. The summed E-state index contributed by atoms with van der Waals surface area (Å²) in [6, 6.07) is 3.87. The topological polar surface area (TPSA) is 68.2 Å². The predicted octanol–water partition coefficient (Wildman–Crippen LogP) is 6.48. The number of hydrogen-bond donors (Lipinski definition) is 0. The molecule has 2 saturated carbocycles. The Morgan fingerprint density at radius 3 is 2.32 bits per heavy atom. The number of thioether (sulfide) groups is 1. The lowest BCUT2D eigenvalue weighted by Crippen LogP contribution is -2.41. The molecule has 0 radical (unpaired) electrons. The molecule has 1 saturated heterocycles. The van der Waals surface area contributed by atoms with Crippen LogP contribution in [0, 0.1) is 0 Å². The first-order valence-corrected chi connectivity index (χ1v) is 13.5. The SMILES string of the molecule is COC(=O)COc1c(Cl)cc(C=C2SC(=NC3CCCCC3)N(C3CCCCC3)C2=O)cc1Cl. The third-order valence-electron chi connectivity index (χ3n) is 6.52. The number of rotatable bonds is 6. The number of aliphatic imine (C=N–C) groups is 1. The summed E-state index contributed by atoms with van der Waals surface area (Å²) in [7, 11) is 1.28. The lowest BCUT2D eigenvalue weighted by molar-refractivity contribution is -0.142. The molecule has 4 rings (SSSR count). The van der Waals surface area contributed by atoms with Gasteiger partial charge in [-0.25, -0.2) is 4.79 Å². The summed E-state index contributed by atoms with van der Waals surface area (Å²) < 4.78 is 9.99. The van der Waals surface area contributed by atoms with Crippen molar-refractivity contribution in [2.45, 2.75) is 76.3 Å². The van der Waals surface area contributed by atoms with E-state index in [0.717, 1.165) is 43.7 Å². The van der Waals surface area contributed by atoms with Crippen LogP contribution in [-0.2, 0) is 14.3 Å². The zero-order chi connectivity index (χ0) is 24.1. The van der Waals surface area contributed by atoms with Gasteiger partial charge in [0.15, 0.2) is 17.5 Å². The Bertz CT molecular complexity index is 962. The number of hydrogen-bond acceptors (Lipinski definition) is 6. The van der Waals surface area contributed by atoms with Crippen molar-refractivity contribution in [2.24, 2.45) is 4.99 Å². The molecule has 184 valence electrons. The summed E-state index contributed by atoms with van der Waals surface area (Å²) in [5, 5.41) is 1.36. The van der Waals surface area contributed by atoms with Crippen LogP contribution in [-0.4, -0.2) is 47.7 Å². The maximum Gasteiger partial charge on any atom is 0.343 e. The molecule has 0 N–H and O–H groups in total. The highest BCUT2D eigenvalue weighted by atomic mass is 35.5. The molecule has 0 atom stereocenters. The van der Waals surface area contributed by atoms with E-state index < -0.39 is 5.97 Å². The van der Waals surface area contributed by atoms with Gasteiger partial charge in [0, 0.05) is 6.04 Å². The summed E-state index contributed by atoms with van der Waals surface area (Å²) in [4.78, 5) is 32.5. The zero-order valence-electron chi connectivity index (χ0n) is 19.4. The number of methoxy groups -OCH3 is 1. The number of carbonyl (C=O) groups is 2. The second-order valence-electron chi connectivity index (χ2n) is 8.96. The Morgan fingerprint density at radius 2 is 1.71 bits per heavy atom.